The maximum absolute atomic E-state index is 10.0. The van der Waals surface area contributed by atoms with Crippen molar-refractivity contribution in [3.63, 3.8) is 0 Å². The lowest BCUT2D eigenvalue weighted by Crippen LogP contribution is -2.36. The van der Waals surface area contributed by atoms with E-state index in [2.05, 4.69) is 5.32 Å². The summed E-state index contributed by atoms with van der Waals surface area (Å²) in [4.78, 5) is 10.0. The summed E-state index contributed by atoms with van der Waals surface area (Å²) in [5.74, 6) is 0. The van der Waals surface area contributed by atoms with Crippen LogP contribution in [0.15, 0.2) is 24.0 Å². The maximum atomic E-state index is 10.0. The van der Waals surface area contributed by atoms with Crippen molar-refractivity contribution in [1.82, 2.24) is 5.32 Å². The van der Waals surface area contributed by atoms with E-state index in [1.807, 2.05) is 0 Å². The molecular weight excluding hydrogens is 168 g/mol. The predicted molar refractivity (Wildman–Crippen MR) is 49.8 cm³/mol. The Morgan fingerprint density at radius 2 is 2.46 bits per heavy atom. The second-order valence-corrected chi connectivity index (χ2v) is 2.78. The van der Waals surface area contributed by atoms with E-state index in [-0.39, 0.29) is 0 Å². The third-order valence-electron chi connectivity index (χ3n) is 1.86. The fraction of sp³-hybridized carbons (Fsp3) is 0.444. The van der Waals surface area contributed by atoms with Gasteiger partial charge in [-0.2, -0.15) is 0 Å². The lowest BCUT2D eigenvalue weighted by Gasteiger charge is -2.26. The molecule has 1 aliphatic rings. The average Bonchev–Trinajstić information content (AvgIpc) is 2.08. The van der Waals surface area contributed by atoms with Crippen molar-refractivity contribution in [3.05, 3.63) is 24.0 Å². The number of nitrogens with two attached hydrogens (primary N) is 1. The van der Waals surface area contributed by atoms with Gasteiger partial charge in [0.2, 0.25) is 0 Å². The Kier molecular flexibility index (Phi) is 4.05. The van der Waals surface area contributed by atoms with E-state index in [0.29, 0.717) is 12.4 Å². The Morgan fingerprint density at radius 1 is 1.69 bits per heavy atom. The largest absolute Gasteiger partial charge is 0.403 e. The highest BCUT2D eigenvalue weighted by Gasteiger charge is 2.17. The van der Waals surface area contributed by atoms with Crippen LogP contribution in [0.4, 0.5) is 0 Å². The molecule has 0 radical (unpaired) electrons. The third kappa shape index (κ3) is 3.29. The first-order valence-corrected chi connectivity index (χ1v) is 4.26. The maximum Gasteiger partial charge on any atom is 0.142 e. The summed E-state index contributed by atoms with van der Waals surface area (Å²) < 4.78 is 5.21. The van der Waals surface area contributed by atoms with Gasteiger partial charge in [0, 0.05) is 25.0 Å². The van der Waals surface area contributed by atoms with Crippen molar-refractivity contribution in [1.29, 1.82) is 0 Å². The van der Waals surface area contributed by atoms with Crippen LogP contribution in [-0.4, -0.2) is 25.5 Å². The highest BCUT2D eigenvalue weighted by atomic mass is 16.5. The molecule has 1 aliphatic heterocycles. The minimum atomic E-state index is 0.291. The molecule has 0 aliphatic carbocycles. The summed E-state index contributed by atoms with van der Waals surface area (Å²) in [5, 5.41) is 3.07. The molecular formula is C9H14N2O2. The average molecular weight is 182 g/mol. The van der Waals surface area contributed by atoms with Crippen LogP contribution in [0.5, 0.6) is 0 Å². The van der Waals surface area contributed by atoms with E-state index in [9.17, 15) is 4.79 Å². The van der Waals surface area contributed by atoms with Gasteiger partial charge in [-0.25, -0.2) is 0 Å². The summed E-state index contributed by atoms with van der Waals surface area (Å²) in [6.07, 6.45) is 6.55. The molecule has 1 atom stereocenters. The molecule has 3 N–H and O–H groups in total. The first-order valence-electron chi connectivity index (χ1n) is 4.26. The topological polar surface area (TPSA) is 64.4 Å². The van der Waals surface area contributed by atoms with Gasteiger partial charge in [0.05, 0.1) is 6.10 Å². The van der Waals surface area contributed by atoms with E-state index in [1.165, 1.54) is 12.3 Å². The number of hydrogen-bond donors (Lipinski definition) is 2. The van der Waals surface area contributed by atoms with Gasteiger partial charge in [0.25, 0.3) is 0 Å². The number of carbonyl (C=O) groups excluding carboxylic acids is 1. The van der Waals surface area contributed by atoms with Crippen LogP contribution in [0.2, 0.25) is 0 Å². The fourth-order valence-electron chi connectivity index (χ4n) is 0.994. The predicted octanol–water partition coefficient (Wildman–Crippen LogP) is -0.0799. The van der Waals surface area contributed by atoms with Crippen LogP contribution in [-0.2, 0) is 9.53 Å². The van der Waals surface area contributed by atoms with E-state index in [1.54, 1.807) is 6.08 Å². The molecule has 0 amide bonds. The Bertz CT molecular complexity index is 220. The monoisotopic (exact) mass is 182 g/mol. The molecule has 0 spiro atoms. The van der Waals surface area contributed by atoms with Crippen molar-refractivity contribution >= 4 is 6.29 Å². The Balaban J connectivity index is 2.23. The molecule has 4 nitrogen and oxygen atoms in total. The van der Waals surface area contributed by atoms with Crippen LogP contribution in [0.3, 0.4) is 0 Å². The molecule has 1 fully saturated rings. The first kappa shape index (κ1) is 9.80. The third-order valence-corrected chi connectivity index (χ3v) is 1.86. The van der Waals surface area contributed by atoms with Gasteiger partial charge in [-0.05, 0) is 18.6 Å². The smallest absolute Gasteiger partial charge is 0.142 e. The van der Waals surface area contributed by atoms with Crippen LogP contribution in [0.1, 0.15) is 6.42 Å². The minimum Gasteiger partial charge on any atom is -0.403 e. The fourth-order valence-corrected chi connectivity index (χ4v) is 0.994. The second kappa shape index (κ2) is 5.37. The van der Waals surface area contributed by atoms with Crippen molar-refractivity contribution < 1.29 is 9.53 Å². The van der Waals surface area contributed by atoms with Gasteiger partial charge >= 0.3 is 0 Å². The molecule has 4 heteroatoms. The molecule has 0 saturated carbocycles. The standard InChI is InChI=1S/C9H14N2O2/c10-6-8(2-1-4-12)11-7-9-3-5-13-9/h1-2,4,6,9,11H,3,5,7,10H2/b2-1+,8-6-/t9-/m0/s1. The summed E-state index contributed by atoms with van der Waals surface area (Å²) in [6.45, 7) is 1.59. The van der Waals surface area contributed by atoms with Crippen LogP contribution < -0.4 is 11.1 Å². The number of allylic oxidation sites excluding steroid dienone is 2. The number of ether oxygens (including phenoxy) is 1. The summed E-state index contributed by atoms with van der Waals surface area (Å²) in [7, 11) is 0. The highest BCUT2D eigenvalue weighted by molar-refractivity contribution is 5.65. The summed E-state index contributed by atoms with van der Waals surface area (Å²) >= 11 is 0. The molecule has 0 bridgehead atoms. The van der Waals surface area contributed by atoms with Gasteiger partial charge in [-0.15, -0.1) is 0 Å². The van der Waals surface area contributed by atoms with Gasteiger partial charge in [-0.3, -0.25) is 4.79 Å². The Morgan fingerprint density at radius 3 is 2.92 bits per heavy atom. The van der Waals surface area contributed by atoms with E-state index >= 15 is 0 Å². The zero-order chi connectivity index (χ0) is 9.52. The number of aldehydes is 1. The molecule has 0 aromatic heterocycles. The second-order valence-electron chi connectivity index (χ2n) is 2.78. The lowest BCUT2D eigenvalue weighted by molar-refractivity contribution is -0.104. The molecule has 0 aromatic rings. The molecule has 13 heavy (non-hydrogen) atoms. The van der Waals surface area contributed by atoms with Gasteiger partial charge in [-0.1, -0.05) is 0 Å². The molecule has 1 saturated heterocycles. The molecule has 72 valence electrons. The first-order chi connectivity index (χ1) is 6.36. The Hall–Kier alpha value is -1.29. The van der Waals surface area contributed by atoms with Gasteiger partial charge < -0.3 is 15.8 Å². The minimum absolute atomic E-state index is 0.291. The molecule has 0 aromatic carbocycles. The van der Waals surface area contributed by atoms with Crippen LogP contribution in [0.25, 0.3) is 0 Å². The van der Waals surface area contributed by atoms with Crippen LogP contribution >= 0.6 is 0 Å². The summed E-state index contributed by atoms with van der Waals surface area (Å²) in [6, 6.07) is 0. The zero-order valence-electron chi connectivity index (χ0n) is 7.40. The number of rotatable bonds is 5. The van der Waals surface area contributed by atoms with E-state index < -0.39 is 0 Å². The summed E-state index contributed by atoms with van der Waals surface area (Å²) in [5.41, 5.74) is 6.07. The number of carbonyl (C=O) groups is 1. The van der Waals surface area contributed by atoms with Crippen molar-refractivity contribution in [2.75, 3.05) is 13.2 Å². The van der Waals surface area contributed by atoms with Gasteiger partial charge in [0.15, 0.2) is 0 Å². The quantitative estimate of drug-likeness (QED) is 0.354. The van der Waals surface area contributed by atoms with Crippen LogP contribution in [0, 0.1) is 0 Å². The zero-order valence-corrected chi connectivity index (χ0v) is 7.40. The van der Waals surface area contributed by atoms with Crippen molar-refractivity contribution in [2.24, 2.45) is 5.73 Å². The normalized spacial score (nSPS) is 22.8. The van der Waals surface area contributed by atoms with E-state index in [4.69, 9.17) is 10.5 Å². The van der Waals surface area contributed by atoms with Crippen molar-refractivity contribution in [3.8, 4) is 0 Å². The number of nitrogens with one attached hydrogen (secondary N) is 1. The molecule has 0 unspecified atom stereocenters. The Labute approximate surface area is 77.4 Å². The lowest BCUT2D eigenvalue weighted by atomic mass is 10.2. The van der Waals surface area contributed by atoms with E-state index in [0.717, 1.165) is 25.3 Å². The van der Waals surface area contributed by atoms with Crippen molar-refractivity contribution in [2.45, 2.75) is 12.5 Å². The SMILES string of the molecule is N/C=C(/C=C/C=O)NC[C@@H]1CCO1. The molecule has 1 rings (SSSR count). The van der Waals surface area contributed by atoms with Gasteiger partial charge in [0.1, 0.15) is 6.29 Å². The highest BCUT2D eigenvalue weighted by Crippen LogP contribution is 2.09. The number of hydrogen-bond acceptors (Lipinski definition) is 4. The molecule has 1 heterocycles.